The standard InChI is InChI=1S/C33H22O2/c34-26-14-10-24(11-15-26)33(25-12-16-27(35)17-13-25)31-20-23-7-2-1-6-22(23)19-30(31)29-18-9-21-5-3-4-8-28(21)32(29)33/h1-20,34-35H. The Morgan fingerprint density at radius 2 is 1.00 bits per heavy atom. The van der Waals surface area contributed by atoms with Crippen molar-refractivity contribution in [3.63, 3.8) is 0 Å². The second-order valence-corrected chi connectivity index (χ2v) is 9.30. The summed E-state index contributed by atoms with van der Waals surface area (Å²) in [7, 11) is 0. The molecule has 0 bridgehead atoms. The van der Waals surface area contributed by atoms with Crippen molar-refractivity contribution in [2.24, 2.45) is 0 Å². The molecular weight excluding hydrogens is 428 g/mol. The number of benzene rings is 6. The topological polar surface area (TPSA) is 40.5 Å². The van der Waals surface area contributed by atoms with Crippen LogP contribution in [0.5, 0.6) is 11.5 Å². The summed E-state index contributed by atoms with van der Waals surface area (Å²) < 4.78 is 0. The lowest BCUT2D eigenvalue weighted by Gasteiger charge is -2.35. The number of phenols is 2. The highest BCUT2D eigenvalue weighted by atomic mass is 16.3. The van der Waals surface area contributed by atoms with E-state index in [1.165, 1.54) is 43.8 Å². The van der Waals surface area contributed by atoms with E-state index in [0.717, 1.165) is 11.1 Å². The van der Waals surface area contributed by atoms with E-state index in [4.69, 9.17) is 0 Å². The quantitative estimate of drug-likeness (QED) is 0.282. The third kappa shape index (κ3) is 2.71. The number of fused-ring (bicyclic) bond motifs is 6. The van der Waals surface area contributed by atoms with Crippen LogP contribution in [-0.2, 0) is 5.41 Å². The maximum Gasteiger partial charge on any atom is 0.115 e. The Morgan fingerprint density at radius 1 is 0.457 bits per heavy atom. The van der Waals surface area contributed by atoms with E-state index in [2.05, 4.69) is 72.8 Å². The molecule has 0 fully saturated rings. The van der Waals surface area contributed by atoms with Crippen molar-refractivity contribution in [1.29, 1.82) is 0 Å². The number of hydrogen-bond acceptors (Lipinski definition) is 2. The van der Waals surface area contributed by atoms with Crippen molar-refractivity contribution >= 4 is 21.5 Å². The first-order valence-electron chi connectivity index (χ1n) is 11.8. The molecule has 6 aromatic carbocycles. The van der Waals surface area contributed by atoms with Crippen molar-refractivity contribution in [2.75, 3.05) is 0 Å². The fourth-order valence-electron chi connectivity index (χ4n) is 6.00. The van der Waals surface area contributed by atoms with Gasteiger partial charge >= 0.3 is 0 Å². The molecule has 7 rings (SSSR count). The second-order valence-electron chi connectivity index (χ2n) is 9.30. The van der Waals surface area contributed by atoms with Gasteiger partial charge in [0.05, 0.1) is 5.41 Å². The summed E-state index contributed by atoms with van der Waals surface area (Å²) in [6.45, 7) is 0. The molecule has 0 radical (unpaired) electrons. The Balaban J connectivity index is 1.73. The lowest BCUT2D eigenvalue weighted by atomic mass is 9.66. The zero-order valence-corrected chi connectivity index (χ0v) is 18.9. The van der Waals surface area contributed by atoms with Gasteiger partial charge in [0.1, 0.15) is 11.5 Å². The van der Waals surface area contributed by atoms with E-state index in [-0.39, 0.29) is 11.5 Å². The van der Waals surface area contributed by atoms with Crippen LogP contribution in [0, 0.1) is 0 Å². The number of aromatic hydroxyl groups is 2. The van der Waals surface area contributed by atoms with Crippen molar-refractivity contribution in [1.82, 2.24) is 0 Å². The maximum absolute atomic E-state index is 10.2. The van der Waals surface area contributed by atoms with Gasteiger partial charge in [-0.05, 0) is 91.3 Å². The summed E-state index contributed by atoms with van der Waals surface area (Å²) in [6.07, 6.45) is 0. The molecule has 0 atom stereocenters. The molecule has 1 aliphatic rings. The molecule has 6 aromatic rings. The van der Waals surface area contributed by atoms with Crippen molar-refractivity contribution in [2.45, 2.75) is 5.41 Å². The average Bonchev–Trinajstić information content (AvgIpc) is 3.19. The molecule has 2 heteroatoms. The molecule has 35 heavy (non-hydrogen) atoms. The first-order chi connectivity index (χ1) is 17.2. The van der Waals surface area contributed by atoms with Crippen LogP contribution in [-0.4, -0.2) is 10.2 Å². The summed E-state index contributed by atoms with van der Waals surface area (Å²) in [5.41, 5.74) is 6.41. The third-order valence-electron chi connectivity index (χ3n) is 7.48. The van der Waals surface area contributed by atoms with Gasteiger partial charge in [0.25, 0.3) is 0 Å². The lowest BCUT2D eigenvalue weighted by molar-refractivity contribution is 0.475. The van der Waals surface area contributed by atoms with E-state index >= 15 is 0 Å². The normalized spacial score (nSPS) is 13.6. The van der Waals surface area contributed by atoms with Gasteiger partial charge in [-0.2, -0.15) is 0 Å². The number of rotatable bonds is 2. The Morgan fingerprint density at radius 3 is 1.63 bits per heavy atom. The maximum atomic E-state index is 10.2. The first-order valence-corrected chi connectivity index (χ1v) is 11.8. The summed E-state index contributed by atoms with van der Waals surface area (Å²) >= 11 is 0. The largest absolute Gasteiger partial charge is 0.508 e. The summed E-state index contributed by atoms with van der Waals surface area (Å²) in [6, 6.07) is 41.3. The van der Waals surface area contributed by atoms with Crippen LogP contribution in [0.4, 0.5) is 0 Å². The average molecular weight is 451 g/mol. The van der Waals surface area contributed by atoms with E-state index in [1.54, 1.807) is 24.3 Å². The summed E-state index contributed by atoms with van der Waals surface area (Å²) in [5.74, 6) is 0.481. The van der Waals surface area contributed by atoms with Gasteiger partial charge in [0.15, 0.2) is 0 Å². The molecule has 0 heterocycles. The van der Waals surface area contributed by atoms with Gasteiger partial charge in [-0.15, -0.1) is 0 Å². The van der Waals surface area contributed by atoms with Crippen molar-refractivity contribution in [3.05, 3.63) is 144 Å². The zero-order valence-electron chi connectivity index (χ0n) is 18.9. The molecule has 0 saturated carbocycles. The van der Waals surface area contributed by atoms with Crippen LogP contribution in [0.1, 0.15) is 22.3 Å². The molecule has 0 spiro atoms. The fourth-order valence-corrected chi connectivity index (χ4v) is 6.00. The SMILES string of the molecule is Oc1ccc(C2(c3ccc(O)cc3)c3cc4ccccc4cc3-c3ccc4ccccc4c32)cc1. The predicted octanol–water partition coefficient (Wildman–Crippen LogP) is 7.77. The molecule has 0 aromatic heterocycles. The highest BCUT2D eigenvalue weighted by Gasteiger charge is 2.47. The predicted molar refractivity (Wildman–Crippen MR) is 142 cm³/mol. The van der Waals surface area contributed by atoms with Crippen molar-refractivity contribution in [3.8, 4) is 22.6 Å². The Kier molecular flexibility index (Phi) is 4.10. The van der Waals surface area contributed by atoms with Gasteiger partial charge in [-0.3, -0.25) is 0 Å². The Bertz CT molecular complexity index is 1700. The molecule has 0 aliphatic heterocycles. The van der Waals surface area contributed by atoms with Crippen LogP contribution in [0.2, 0.25) is 0 Å². The van der Waals surface area contributed by atoms with Gasteiger partial charge in [-0.1, -0.05) is 84.9 Å². The molecule has 2 nitrogen and oxygen atoms in total. The molecule has 0 amide bonds. The van der Waals surface area contributed by atoms with Crippen LogP contribution in [0.3, 0.4) is 0 Å². The second kappa shape index (κ2) is 7.22. The van der Waals surface area contributed by atoms with E-state index < -0.39 is 5.41 Å². The van der Waals surface area contributed by atoms with Gasteiger partial charge in [-0.25, -0.2) is 0 Å². The minimum Gasteiger partial charge on any atom is -0.508 e. The molecule has 166 valence electrons. The van der Waals surface area contributed by atoms with Gasteiger partial charge in [0, 0.05) is 0 Å². The smallest absolute Gasteiger partial charge is 0.115 e. The fraction of sp³-hybridized carbons (Fsp3) is 0.0303. The first kappa shape index (κ1) is 19.9. The van der Waals surface area contributed by atoms with E-state index in [9.17, 15) is 10.2 Å². The van der Waals surface area contributed by atoms with Crippen LogP contribution >= 0.6 is 0 Å². The highest BCUT2D eigenvalue weighted by Crippen LogP contribution is 2.58. The summed E-state index contributed by atoms with van der Waals surface area (Å²) in [5, 5.41) is 25.1. The zero-order chi connectivity index (χ0) is 23.6. The molecular formula is C33H22O2. The van der Waals surface area contributed by atoms with Gasteiger partial charge in [0.2, 0.25) is 0 Å². The van der Waals surface area contributed by atoms with Crippen LogP contribution in [0.15, 0.2) is 121 Å². The number of hydrogen-bond donors (Lipinski definition) is 2. The van der Waals surface area contributed by atoms with E-state index in [1.807, 2.05) is 24.3 Å². The molecule has 2 N–H and O–H groups in total. The Hall–Kier alpha value is -4.56. The van der Waals surface area contributed by atoms with E-state index in [0.29, 0.717) is 0 Å². The number of phenolic OH excluding ortho intramolecular Hbond substituents is 2. The minimum atomic E-state index is -0.614. The monoisotopic (exact) mass is 450 g/mol. The molecule has 0 saturated heterocycles. The third-order valence-corrected chi connectivity index (χ3v) is 7.48. The Labute approximate surface area is 203 Å². The van der Waals surface area contributed by atoms with Crippen molar-refractivity contribution < 1.29 is 10.2 Å². The molecule has 0 unspecified atom stereocenters. The van der Waals surface area contributed by atoms with Crippen LogP contribution < -0.4 is 0 Å². The highest BCUT2D eigenvalue weighted by molar-refractivity contribution is 6.03. The summed E-state index contributed by atoms with van der Waals surface area (Å²) in [4.78, 5) is 0. The van der Waals surface area contributed by atoms with Crippen LogP contribution in [0.25, 0.3) is 32.7 Å². The molecule has 1 aliphatic carbocycles. The lowest BCUT2D eigenvalue weighted by Crippen LogP contribution is -2.28. The van der Waals surface area contributed by atoms with Gasteiger partial charge < -0.3 is 10.2 Å². The minimum absolute atomic E-state index is 0.240.